The molecule has 8 nitrogen and oxygen atoms in total. The van der Waals surface area contributed by atoms with Crippen LogP contribution in [0.15, 0.2) is 35.7 Å². The van der Waals surface area contributed by atoms with Gasteiger partial charge in [0, 0.05) is 5.56 Å². The molecule has 0 saturated carbocycles. The van der Waals surface area contributed by atoms with E-state index in [2.05, 4.69) is 10.6 Å². The smallest absolute Gasteiger partial charge is 0.329 e. The minimum Gasteiger partial charge on any atom is -0.482 e. The average molecular weight is 416 g/mol. The number of hydrogen-bond donors (Lipinski definition) is 2. The summed E-state index contributed by atoms with van der Waals surface area (Å²) in [6.07, 6.45) is 0. The highest BCUT2D eigenvalue weighted by atomic mass is 32.1. The van der Waals surface area contributed by atoms with Crippen LogP contribution in [-0.2, 0) is 14.3 Å². The van der Waals surface area contributed by atoms with Crippen molar-refractivity contribution in [3.05, 3.63) is 46.2 Å². The number of ketones is 1. The predicted molar refractivity (Wildman–Crippen MR) is 106 cm³/mol. The largest absolute Gasteiger partial charge is 0.482 e. The Bertz CT molecular complexity index is 938. The molecule has 0 unspecified atom stereocenters. The van der Waals surface area contributed by atoms with Crippen molar-refractivity contribution in [1.29, 1.82) is 0 Å². The van der Waals surface area contributed by atoms with E-state index in [1.54, 1.807) is 37.4 Å². The fraction of sp³-hybridized carbons (Fsp3) is 0.300. The highest BCUT2D eigenvalue weighted by Crippen LogP contribution is 2.28. The molecular formula is C20H20N2O6S. The summed E-state index contributed by atoms with van der Waals surface area (Å²) in [6, 6.07) is 7.10. The van der Waals surface area contributed by atoms with Gasteiger partial charge in [-0.05, 0) is 35.6 Å². The molecule has 2 N–H and O–H groups in total. The fourth-order valence-electron chi connectivity index (χ4n) is 2.68. The first-order valence-electron chi connectivity index (χ1n) is 8.96. The van der Waals surface area contributed by atoms with E-state index in [9.17, 15) is 19.2 Å². The Kier molecular flexibility index (Phi) is 6.28. The van der Waals surface area contributed by atoms with Gasteiger partial charge in [-0.2, -0.15) is 0 Å². The van der Waals surface area contributed by atoms with Crippen LogP contribution in [0.3, 0.4) is 0 Å². The van der Waals surface area contributed by atoms with Crippen LogP contribution in [0.2, 0.25) is 0 Å². The predicted octanol–water partition coefficient (Wildman–Crippen LogP) is 2.26. The number of benzene rings is 1. The molecule has 0 radical (unpaired) electrons. The number of amides is 2. The number of ether oxygens (including phenoxy) is 2. The fourth-order valence-corrected chi connectivity index (χ4v) is 3.31. The minimum absolute atomic E-state index is 0.0777. The Morgan fingerprint density at radius 2 is 2.07 bits per heavy atom. The highest BCUT2D eigenvalue weighted by molar-refractivity contribution is 7.12. The van der Waals surface area contributed by atoms with Crippen molar-refractivity contribution in [2.45, 2.75) is 19.9 Å². The van der Waals surface area contributed by atoms with E-state index in [1.807, 2.05) is 0 Å². The monoisotopic (exact) mass is 416 g/mol. The van der Waals surface area contributed by atoms with Crippen LogP contribution < -0.4 is 15.4 Å². The number of esters is 1. The molecule has 9 heteroatoms. The summed E-state index contributed by atoms with van der Waals surface area (Å²) in [5.41, 5.74) is 0.660. The number of fused-ring (bicyclic) bond motifs is 1. The number of carbonyl (C=O) groups excluding carboxylic acids is 4. The quantitative estimate of drug-likeness (QED) is 0.529. The lowest BCUT2D eigenvalue weighted by Crippen LogP contribution is -2.45. The first kappa shape index (κ1) is 20.5. The number of thiophene rings is 1. The molecule has 0 spiro atoms. The lowest BCUT2D eigenvalue weighted by Gasteiger charge is -2.20. The van der Waals surface area contributed by atoms with Gasteiger partial charge in [0.25, 0.3) is 11.8 Å². The van der Waals surface area contributed by atoms with Gasteiger partial charge in [0.15, 0.2) is 19.0 Å². The van der Waals surface area contributed by atoms with Crippen LogP contribution in [0, 0.1) is 5.92 Å². The molecule has 0 saturated heterocycles. The molecule has 2 amide bonds. The second kappa shape index (κ2) is 8.87. The van der Waals surface area contributed by atoms with Gasteiger partial charge in [-0.3, -0.25) is 14.4 Å². The van der Waals surface area contributed by atoms with Crippen molar-refractivity contribution in [3.8, 4) is 5.75 Å². The maximum Gasteiger partial charge on any atom is 0.329 e. The first-order chi connectivity index (χ1) is 13.8. The van der Waals surface area contributed by atoms with Crippen LogP contribution >= 0.6 is 11.3 Å². The molecule has 1 aliphatic heterocycles. The minimum atomic E-state index is -0.881. The van der Waals surface area contributed by atoms with Gasteiger partial charge in [-0.15, -0.1) is 11.3 Å². The Morgan fingerprint density at radius 3 is 2.76 bits per heavy atom. The number of anilines is 1. The molecule has 152 valence electrons. The molecule has 0 fully saturated rings. The third-order valence-electron chi connectivity index (χ3n) is 4.23. The summed E-state index contributed by atoms with van der Waals surface area (Å²) in [4.78, 5) is 49.0. The van der Waals surface area contributed by atoms with Crippen molar-refractivity contribution in [1.82, 2.24) is 5.32 Å². The van der Waals surface area contributed by atoms with Crippen molar-refractivity contribution < 1.29 is 28.7 Å². The second-order valence-corrected chi connectivity index (χ2v) is 7.70. The van der Waals surface area contributed by atoms with Crippen molar-refractivity contribution >= 4 is 40.6 Å². The Labute approximate surface area is 171 Å². The summed E-state index contributed by atoms with van der Waals surface area (Å²) >= 11 is 1.26. The third kappa shape index (κ3) is 5.00. The van der Waals surface area contributed by atoms with E-state index in [0.29, 0.717) is 16.3 Å². The van der Waals surface area contributed by atoms with Gasteiger partial charge in [0.05, 0.1) is 10.6 Å². The molecule has 1 aromatic carbocycles. The van der Waals surface area contributed by atoms with Crippen LogP contribution in [0.4, 0.5) is 5.69 Å². The lowest BCUT2D eigenvalue weighted by atomic mass is 10.0. The summed E-state index contributed by atoms with van der Waals surface area (Å²) in [7, 11) is 0. The molecule has 0 aliphatic carbocycles. The molecule has 1 aromatic heterocycles. The average Bonchev–Trinajstić information content (AvgIpc) is 3.24. The summed E-state index contributed by atoms with van der Waals surface area (Å²) < 4.78 is 10.4. The third-order valence-corrected chi connectivity index (χ3v) is 5.10. The van der Waals surface area contributed by atoms with Gasteiger partial charge in [-0.25, -0.2) is 4.79 Å². The zero-order valence-electron chi connectivity index (χ0n) is 15.9. The first-order valence-corrected chi connectivity index (χ1v) is 9.84. The van der Waals surface area contributed by atoms with Gasteiger partial charge in [0.2, 0.25) is 0 Å². The zero-order valence-corrected chi connectivity index (χ0v) is 16.7. The van der Waals surface area contributed by atoms with Crippen molar-refractivity contribution in [2.75, 3.05) is 18.5 Å². The maximum absolute atomic E-state index is 12.4. The molecular weight excluding hydrogens is 396 g/mol. The normalized spacial score (nSPS) is 13.7. The van der Waals surface area contributed by atoms with Gasteiger partial charge in [-0.1, -0.05) is 19.9 Å². The van der Waals surface area contributed by atoms with E-state index in [1.165, 1.54) is 23.5 Å². The number of hydrogen-bond acceptors (Lipinski definition) is 7. The Hall–Kier alpha value is -3.20. The molecule has 1 atom stereocenters. The summed E-state index contributed by atoms with van der Waals surface area (Å²) in [6.45, 7) is 2.99. The van der Waals surface area contributed by atoms with E-state index in [0.717, 1.165) is 0 Å². The van der Waals surface area contributed by atoms with Crippen LogP contribution in [0.25, 0.3) is 0 Å². The molecule has 1 aliphatic rings. The lowest BCUT2D eigenvalue weighted by molar-refractivity contribution is -0.145. The zero-order chi connectivity index (χ0) is 21.0. The Morgan fingerprint density at radius 1 is 1.28 bits per heavy atom. The van der Waals surface area contributed by atoms with Crippen LogP contribution in [-0.4, -0.2) is 42.8 Å². The summed E-state index contributed by atoms with van der Waals surface area (Å²) in [5, 5.41) is 7.03. The highest BCUT2D eigenvalue weighted by Gasteiger charge is 2.27. The van der Waals surface area contributed by atoms with E-state index in [4.69, 9.17) is 9.47 Å². The number of nitrogens with one attached hydrogen (secondary N) is 2. The van der Waals surface area contributed by atoms with Gasteiger partial charge < -0.3 is 20.1 Å². The standard InChI is InChI=1S/C20H20N2O6S/c1-11(2)18(22-19(25)16-4-3-7-29-16)20(26)28-9-14(23)12-5-6-15-13(8-12)21-17(24)10-27-15/h3-8,11,18H,9-10H2,1-2H3,(H,21,24)(H,22,25)/t18-/m1/s1. The Balaban J connectivity index is 1.61. The molecule has 29 heavy (non-hydrogen) atoms. The van der Waals surface area contributed by atoms with Crippen LogP contribution in [0.1, 0.15) is 33.9 Å². The van der Waals surface area contributed by atoms with E-state index >= 15 is 0 Å². The van der Waals surface area contributed by atoms with Crippen molar-refractivity contribution in [2.24, 2.45) is 5.92 Å². The summed E-state index contributed by atoms with van der Waals surface area (Å²) in [5.74, 6) is -1.56. The number of carbonyl (C=O) groups is 4. The van der Waals surface area contributed by atoms with Crippen molar-refractivity contribution in [3.63, 3.8) is 0 Å². The maximum atomic E-state index is 12.4. The van der Waals surface area contributed by atoms with Gasteiger partial charge in [0.1, 0.15) is 11.8 Å². The van der Waals surface area contributed by atoms with Gasteiger partial charge >= 0.3 is 5.97 Å². The van der Waals surface area contributed by atoms with Crippen LogP contribution in [0.5, 0.6) is 5.75 Å². The molecule has 2 aromatic rings. The van der Waals surface area contributed by atoms with E-state index < -0.39 is 24.4 Å². The van der Waals surface area contributed by atoms with E-state index in [-0.39, 0.29) is 29.9 Å². The molecule has 2 heterocycles. The topological polar surface area (TPSA) is 111 Å². The molecule has 0 bridgehead atoms. The second-order valence-electron chi connectivity index (χ2n) is 6.75. The number of rotatable bonds is 7. The SMILES string of the molecule is CC(C)[C@@H](NC(=O)c1cccs1)C(=O)OCC(=O)c1ccc2c(c1)NC(=O)CO2. The molecule has 3 rings (SSSR count). The number of Topliss-reactive ketones (excluding diaryl/α,β-unsaturated/α-hetero) is 1.